The van der Waals surface area contributed by atoms with Gasteiger partial charge in [-0.3, -0.25) is 0 Å². The highest BCUT2D eigenvalue weighted by atomic mass is 79.9. The highest BCUT2D eigenvalue weighted by Crippen LogP contribution is 2.34. The SMILES string of the molecule is OCC(F)(F)c1cc(F)c(F)cc1Br. The van der Waals surface area contributed by atoms with Gasteiger partial charge in [0.2, 0.25) is 0 Å². The van der Waals surface area contributed by atoms with Crippen LogP contribution in [0.2, 0.25) is 0 Å². The van der Waals surface area contributed by atoms with Gasteiger partial charge in [0, 0.05) is 10.0 Å². The lowest BCUT2D eigenvalue weighted by Gasteiger charge is -2.15. The fourth-order valence-corrected chi connectivity index (χ4v) is 1.49. The minimum absolute atomic E-state index is 0.282. The zero-order valence-corrected chi connectivity index (χ0v) is 8.28. The molecule has 0 aliphatic rings. The van der Waals surface area contributed by atoms with Crippen LogP contribution in [0.25, 0.3) is 0 Å². The number of rotatable bonds is 2. The van der Waals surface area contributed by atoms with Gasteiger partial charge in [-0.1, -0.05) is 15.9 Å². The second-order valence-electron chi connectivity index (χ2n) is 2.61. The molecule has 0 saturated heterocycles. The number of hydrogen-bond donors (Lipinski definition) is 1. The Balaban J connectivity index is 3.29. The van der Waals surface area contributed by atoms with E-state index in [4.69, 9.17) is 5.11 Å². The first-order chi connectivity index (χ1) is 6.38. The van der Waals surface area contributed by atoms with Crippen LogP contribution < -0.4 is 0 Å². The Labute approximate surface area is 85.5 Å². The van der Waals surface area contributed by atoms with Crippen LogP contribution in [-0.2, 0) is 5.92 Å². The predicted octanol–water partition coefficient (Wildman–Crippen LogP) is 2.81. The summed E-state index contributed by atoms with van der Waals surface area (Å²) in [5, 5.41) is 8.35. The first-order valence-corrected chi connectivity index (χ1v) is 4.31. The van der Waals surface area contributed by atoms with Gasteiger partial charge in [-0.05, 0) is 12.1 Å². The van der Waals surface area contributed by atoms with E-state index < -0.39 is 29.7 Å². The van der Waals surface area contributed by atoms with Gasteiger partial charge in [0.25, 0.3) is 5.92 Å². The molecule has 0 atom stereocenters. The predicted molar refractivity (Wildman–Crippen MR) is 45.0 cm³/mol. The second-order valence-corrected chi connectivity index (χ2v) is 3.46. The monoisotopic (exact) mass is 272 g/mol. The number of alkyl halides is 2. The van der Waals surface area contributed by atoms with Gasteiger partial charge >= 0.3 is 0 Å². The standard InChI is InChI=1S/C8H5BrF4O/c9-5-2-7(11)6(10)1-4(5)8(12,13)3-14/h1-2,14H,3H2. The Morgan fingerprint density at radius 3 is 2.21 bits per heavy atom. The number of halogens is 5. The van der Waals surface area contributed by atoms with Crippen molar-refractivity contribution in [2.24, 2.45) is 0 Å². The molecule has 1 nitrogen and oxygen atoms in total. The molecule has 14 heavy (non-hydrogen) atoms. The van der Waals surface area contributed by atoms with Crippen molar-refractivity contribution >= 4 is 15.9 Å². The van der Waals surface area contributed by atoms with E-state index >= 15 is 0 Å². The van der Waals surface area contributed by atoms with Crippen molar-refractivity contribution in [1.82, 2.24) is 0 Å². The summed E-state index contributed by atoms with van der Waals surface area (Å²) < 4.78 is 50.6. The van der Waals surface area contributed by atoms with Gasteiger partial charge in [0.05, 0.1) is 0 Å². The number of aliphatic hydroxyl groups is 1. The third kappa shape index (κ3) is 2.06. The molecule has 0 aliphatic heterocycles. The quantitative estimate of drug-likeness (QED) is 0.649. The largest absolute Gasteiger partial charge is 0.390 e. The van der Waals surface area contributed by atoms with E-state index in [1.165, 1.54) is 0 Å². The van der Waals surface area contributed by atoms with Crippen LogP contribution in [0.3, 0.4) is 0 Å². The van der Waals surface area contributed by atoms with Gasteiger partial charge in [-0.15, -0.1) is 0 Å². The van der Waals surface area contributed by atoms with Crippen molar-refractivity contribution < 1.29 is 22.7 Å². The lowest BCUT2D eigenvalue weighted by atomic mass is 10.1. The molecule has 0 amide bonds. The second kappa shape index (κ2) is 3.86. The smallest absolute Gasteiger partial charge is 0.296 e. The van der Waals surface area contributed by atoms with Crippen molar-refractivity contribution in [3.63, 3.8) is 0 Å². The number of aliphatic hydroxyl groups excluding tert-OH is 1. The summed E-state index contributed by atoms with van der Waals surface area (Å²) in [5.74, 6) is -6.20. The maximum atomic E-state index is 12.9. The van der Waals surface area contributed by atoms with Crippen LogP contribution in [0.4, 0.5) is 17.6 Å². The molecule has 0 fully saturated rings. The number of hydrogen-bond acceptors (Lipinski definition) is 1. The Morgan fingerprint density at radius 1 is 1.21 bits per heavy atom. The summed E-state index contributed by atoms with van der Waals surface area (Å²) in [4.78, 5) is 0. The Morgan fingerprint density at radius 2 is 1.71 bits per heavy atom. The summed E-state index contributed by atoms with van der Waals surface area (Å²) in [6.45, 7) is -1.46. The maximum Gasteiger partial charge on any atom is 0.296 e. The van der Waals surface area contributed by atoms with Gasteiger partial charge in [0.15, 0.2) is 11.6 Å². The van der Waals surface area contributed by atoms with Crippen LogP contribution in [0.1, 0.15) is 5.56 Å². The van der Waals surface area contributed by atoms with E-state index in [2.05, 4.69) is 15.9 Å². The summed E-state index contributed by atoms with van der Waals surface area (Å²) in [5.41, 5.74) is -0.779. The van der Waals surface area contributed by atoms with Crippen molar-refractivity contribution in [2.45, 2.75) is 5.92 Å². The molecule has 0 radical (unpaired) electrons. The van der Waals surface area contributed by atoms with Crippen molar-refractivity contribution in [3.05, 3.63) is 33.8 Å². The third-order valence-electron chi connectivity index (χ3n) is 1.60. The molecule has 6 heteroatoms. The average molecular weight is 273 g/mol. The molecular formula is C8H5BrF4O. The van der Waals surface area contributed by atoms with E-state index in [0.717, 1.165) is 0 Å². The fraction of sp³-hybridized carbons (Fsp3) is 0.250. The molecule has 0 heterocycles. The van der Waals surface area contributed by atoms with Crippen molar-refractivity contribution in [3.8, 4) is 0 Å². The van der Waals surface area contributed by atoms with Crippen LogP contribution in [0, 0.1) is 11.6 Å². The van der Waals surface area contributed by atoms with E-state index in [1.807, 2.05) is 0 Å². The zero-order chi connectivity index (χ0) is 10.9. The Hall–Kier alpha value is -0.620. The molecule has 0 bridgehead atoms. The lowest BCUT2D eigenvalue weighted by molar-refractivity contribution is -0.0565. The topological polar surface area (TPSA) is 20.2 Å². The molecule has 1 N–H and O–H groups in total. The summed E-state index contributed by atoms with van der Waals surface area (Å²) in [6.07, 6.45) is 0. The first-order valence-electron chi connectivity index (χ1n) is 3.52. The van der Waals surface area contributed by atoms with E-state index in [-0.39, 0.29) is 4.47 Å². The molecule has 78 valence electrons. The fourth-order valence-electron chi connectivity index (χ4n) is 0.888. The highest BCUT2D eigenvalue weighted by Gasteiger charge is 2.33. The van der Waals surface area contributed by atoms with E-state index in [0.29, 0.717) is 12.1 Å². The average Bonchev–Trinajstić information content (AvgIpc) is 2.11. The van der Waals surface area contributed by atoms with Gasteiger partial charge in [0.1, 0.15) is 6.61 Å². The minimum Gasteiger partial charge on any atom is -0.390 e. The van der Waals surface area contributed by atoms with Crippen LogP contribution >= 0.6 is 15.9 Å². The normalized spacial score (nSPS) is 11.9. The van der Waals surface area contributed by atoms with Gasteiger partial charge in [-0.2, -0.15) is 8.78 Å². The maximum absolute atomic E-state index is 12.9. The van der Waals surface area contributed by atoms with Gasteiger partial charge < -0.3 is 5.11 Å². The molecule has 0 saturated carbocycles. The van der Waals surface area contributed by atoms with Crippen LogP contribution in [0.15, 0.2) is 16.6 Å². The zero-order valence-electron chi connectivity index (χ0n) is 6.70. The summed E-state index contributed by atoms with van der Waals surface area (Å²) in [7, 11) is 0. The summed E-state index contributed by atoms with van der Waals surface area (Å²) in [6, 6.07) is 0.948. The molecular weight excluding hydrogens is 268 g/mol. The first kappa shape index (κ1) is 11.5. The van der Waals surface area contributed by atoms with Crippen LogP contribution in [-0.4, -0.2) is 11.7 Å². The molecule has 1 aromatic carbocycles. The molecule has 1 rings (SSSR count). The molecule has 0 aliphatic carbocycles. The molecule has 1 aromatic rings. The lowest BCUT2D eigenvalue weighted by Crippen LogP contribution is -2.19. The minimum atomic E-state index is -3.59. The van der Waals surface area contributed by atoms with E-state index in [1.54, 1.807) is 0 Å². The van der Waals surface area contributed by atoms with Crippen molar-refractivity contribution in [2.75, 3.05) is 6.61 Å². The van der Waals surface area contributed by atoms with E-state index in [9.17, 15) is 17.6 Å². The highest BCUT2D eigenvalue weighted by molar-refractivity contribution is 9.10. The Kier molecular flexibility index (Phi) is 3.16. The molecule has 0 aromatic heterocycles. The molecule has 0 unspecified atom stereocenters. The van der Waals surface area contributed by atoms with Crippen LogP contribution in [0.5, 0.6) is 0 Å². The Bertz CT molecular complexity index is 353. The third-order valence-corrected chi connectivity index (χ3v) is 2.26. The van der Waals surface area contributed by atoms with Crippen molar-refractivity contribution in [1.29, 1.82) is 0 Å². The van der Waals surface area contributed by atoms with Gasteiger partial charge in [-0.25, -0.2) is 8.78 Å². The summed E-state index contributed by atoms with van der Waals surface area (Å²) >= 11 is 2.66. The number of benzene rings is 1. The molecule has 0 spiro atoms.